The van der Waals surface area contributed by atoms with E-state index in [1.54, 1.807) is 6.07 Å². The quantitative estimate of drug-likeness (QED) is 0.584. The van der Waals surface area contributed by atoms with Crippen LogP contribution in [0.2, 0.25) is 0 Å². The average Bonchev–Trinajstić information content (AvgIpc) is 2.33. The maximum absolute atomic E-state index is 12.1. The lowest BCUT2D eigenvalue weighted by Crippen LogP contribution is -2.20. The van der Waals surface area contributed by atoms with Crippen LogP contribution in [-0.2, 0) is 9.53 Å². The van der Waals surface area contributed by atoms with Gasteiger partial charge in [0.05, 0.1) is 12.7 Å². The molecule has 5 heteroatoms. The normalized spacial score (nSPS) is 13.8. The van der Waals surface area contributed by atoms with Crippen molar-refractivity contribution in [2.75, 3.05) is 7.11 Å². The number of rotatable bonds is 2. The van der Waals surface area contributed by atoms with Gasteiger partial charge in [-0.1, -0.05) is 12.1 Å². The summed E-state index contributed by atoms with van der Waals surface area (Å²) in [7, 11) is 1.30. The second kappa shape index (κ2) is 4.44. The van der Waals surface area contributed by atoms with Gasteiger partial charge in [-0.2, -0.15) is 0 Å². The number of carbonyl (C=O) groups is 3. The molecule has 1 aliphatic rings. The summed E-state index contributed by atoms with van der Waals surface area (Å²) in [4.78, 5) is 34.8. The lowest BCUT2D eigenvalue weighted by atomic mass is 9.93. The van der Waals surface area contributed by atoms with E-state index in [-0.39, 0.29) is 28.4 Å². The van der Waals surface area contributed by atoms with E-state index in [1.165, 1.54) is 26.2 Å². The van der Waals surface area contributed by atoms with Crippen LogP contribution in [0.4, 0.5) is 0 Å². The van der Waals surface area contributed by atoms with Crippen molar-refractivity contribution in [2.24, 2.45) is 0 Å². The van der Waals surface area contributed by atoms with Crippen LogP contribution in [0.5, 0.6) is 5.75 Å². The van der Waals surface area contributed by atoms with Crippen molar-refractivity contribution in [1.29, 1.82) is 0 Å². The maximum Gasteiger partial charge on any atom is 0.308 e. The SMILES string of the molecule is COC1=CC(=O)c2cccc(OC(C)=O)c2C1=O. The Kier molecular flexibility index (Phi) is 2.97. The lowest BCUT2D eigenvalue weighted by Gasteiger charge is -2.16. The molecule has 0 fully saturated rings. The van der Waals surface area contributed by atoms with Crippen molar-refractivity contribution < 1.29 is 23.9 Å². The van der Waals surface area contributed by atoms with Crippen molar-refractivity contribution in [2.45, 2.75) is 6.92 Å². The third-order valence-electron chi connectivity index (χ3n) is 2.48. The van der Waals surface area contributed by atoms with E-state index < -0.39 is 11.8 Å². The highest BCUT2D eigenvalue weighted by Gasteiger charge is 2.30. The molecule has 0 unspecified atom stereocenters. The number of hydrogen-bond acceptors (Lipinski definition) is 5. The first kappa shape index (κ1) is 12.0. The molecule has 1 aliphatic carbocycles. The number of fused-ring (bicyclic) bond motifs is 1. The summed E-state index contributed by atoms with van der Waals surface area (Å²) in [5.41, 5.74) is 0.275. The van der Waals surface area contributed by atoms with Gasteiger partial charge in [-0.15, -0.1) is 0 Å². The molecule has 1 aromatic rings. The molecule has 0 atom stereocenters. The molecule has 0 aromatic heterocycles. The molecule has 5 nitrogen and oxygen atoms in total. The second-order valence-corrected chi connectivity index (χ2v) is 3.68. The molecule has 0 N–H and O–H groups in total. The van der Waals surface area contributed by atoms with E-state index in [2.05, 4.69) is 0 Å². The number of esters is 1. The minimum Gasteiger partial charge on any atom is -0.492 e. The summed E-state index contributed by atoms with van der Waals surface area (Å²) in [6, 6.07) is 4.52. The van der Waals surface area contributed by atoms with Crippen molar-refractivity contribution in [1.82, 2.24) is 0 Å². The number of ketones is 2. The highest BCUT2D eigenvalue weighted by Crippen LogP contribution is 2.29. The van der Waals surface area contributed by atoms with Crippen LogP contribution in [0, 0.1) is 0 Å². The Balaban J connectivity index is 2.60. The van der Waals surface area contributed by atoms with Crippen LogP contribution < -0.4 is 4.74 Å². The number of Topliss-reactive ketones (excluding diaryl/α,β-unsaturated/α-hetero) is 1. The predicted molar refractivity (Wildman–Crippen MR) is 61.5 cm³/mol. The summed E-state index contributed by atoms with van der Waals surface area (Å²) in [6.07, 6.45) is 1.13. The van der Waals surface area contributed by atoms with Gasteiger partial charge in [0.2, 0.25) is 5.78 Å². The third-order valence-corrected chi connectivity index (χ3v) is 2.48. The summed E-state index contributed by atoms with van der Waals surface area (Å²) in [5, 5.41) is 0. The predicted octanol–water partition coefficient (Wildman–Crippen LogP) is 1.52. The largest absolute Gasteiger partial charge is 0.492 e. The molecule has 0 aliphatic heterocycles. The second-order valence-electron chi connectivity index (χ2n) is 3.68. The van der Waals surface area contributed by atoms with Gasteiger partial charge in [0.1, 0.15) is 5.75 Å². The third kappa shape index (κ3) is 1.90. The molecule has 0 saturated heterocycles. The smallest absolute Gasteiger partial charge is 0.308 e. The van der Waals surface area contributed by atoms with E-state index in [0.717, 1.165) is 6.08 Å². The van der Waals surface area contributed by atoms with Gasteiger partial charge in [0, 0.05) is 18.6 Å². The van der Waals surface area contributed by atoms with Crippen molar-refractivity contribution in [3.8, 4) is 5.75 Å². The zero-order valence-electron chi connectivity index (χ0n) is 9.85. The highest BCUT2D eigenvalue weighted by molar-refractivity contribution is 6.24. The van der Waals surface area contributed by atoms with Crippen LogP contribution in [0.1, 0.15) is 27.6 Å². The summed E-state index contributed by atoms with van der Waals surface area (Å²) in [6.45, 7) is 1.22. The van der Waals surface area contributed by atoms with Crippen LogP contribution in [0.15, 0.2) is 30.0 Å². The minimum absolute atomic E-state index is 0.0629. The number of carbonyl (C=O) groups excluding carboxylic acids is 3. The first-order valence-electron chi connectivity index (χ1n) is 5.20. The van der Waals surface area contributed by atoms with Crippen LogP contribution in [0.25, 0.3) is 0 Å². The molecule has 0 amide bonds. The molecule has 0 bridgehead atoms. The Morgan fingerprint density at radius 3 is 2.56 bits per heavy atom. The van der Waals surface area contributed by atoms with Gasteiger partial charge in [0.15, 0.2) is 11.5 Å². The van der Waals surface area contributed by atoms with Gasteiger partial charge < -0.3 is 9.47 Å². The zero-order chi connectivity index (χ0) is 13.3. The number of ether oxygens (including phenoxy) is 2. The number of benzene rings is 1. The fourth-order valence-electron chi connectivity index (χ4n) is 1.75. The van der Waals surface area contributed by atoms with Gasteiger partial charge in [-0.25, -0.2) is 0 Å². The maximum atomic E-state index is 12.1. The van der Waals surface area contributed by atoms with Gasteiger partial charge in [-0.3, -0.25) is 14.4 Å². The fourth-order valence-corrected chi connectivity index (χ4v) is 1.75. The van der Waals surface area contributed by atoms with Gasteiger partial charge in [-0.05, 0) is 6.07 Å². The molecule has 18 heavy (non-hydrogen) atoms. The first-order chi connectivity index (χ1) is 8.54. The van der Waals surface area contributed by atoms with Crippen molar-refractivity contribution in [3.63, 3.8) is 0 Å². The molecule has 1 aromatic carbocycles. The lowest BCUT2D eigenvalue weighted by molar-refractivity contribution is -0.131. The molecule has 0 heterocycles. The van der Waals surface area contributed by atoms with Crippen LogP contribution in [-0.4, -0.2) is 24.6 Å². The topological polar surface area (TPSA) is 69.7 Å². The summed E-state index contributed by atoms with van der Waals surface area (Å²) < 4.78 is 9.77. The standard InChI is InChI=1S/C13H10O5/c1-7(14)18-10-5-3-4-8-9(15)6-11(17-2)13(16)12(8)10/h3-6H,1-2H3. The highest BCUT2D eigenvalue weighted by atomic mass is 16.5. The molecule has 92 valence electrons. The van der Waals surface area contributed by atoms with E-state index in [9.17, 15) is 14.4 Å². The van der Waals surface area contributed by atoms with E-state index in [1.807, 2.05) is 0 Å². The van der Waals surface area contributed by atoms with E-state index >= 15 is 0 Å². The van der Waals surface area contributed by atoms with Crippen molar-refractivity contribution >= 4 is 17.5 Å². The first-order valence-corrected chi connectivity index (χ1v) is 5.20. The van der Waals surface area contributed by atoms with Crippen LogP contribution in [0.3, 0.4) is 0 Å². The number of methoxy groups -OCH3 is 1. The Hall–Kier alpha value is -2.43. The average molecular weight is 246 g/mol. The van der Waals surface area contributed by atoms with Gasteiger partial charge in [0.25, 0.3) is 0 Å². The summed E-state index contributed by atoms with van der Waals surface area (Å²) in [5.74, 6) is -1.37. The van der Waals surface area contributed by atoms with Crippen molar-refractivity contribution in [3.05, 3.63) is 41.2 Å². The zero-order valence-corrected chi connectivity index (χ0v) is 9.85. The molecule has 2 rings (SSSR count). The fraction of sp³-hybridized carbons (Fsp3) is 0.154. The Morgan fingerprint density at radius 2 is 1.94 bits per heavy atom. The number of allylic oxidation sites excluding steroid dienone is 2. The molecule has 0 radical (unpaired) electrons. The molecular formula is C13H10O5. The summed E-state index contributed by atoms with van der Waals surface area (Å²) >= 11 is 0. The molecule has 0 spiro atoms. The van der Waals surface area contributed by atoms with E-state index in [4.69, 9.17) is 9.47 Å². The molecule has 0 saturated carbocycles. The Bertz CT molecular complexity index is 583. The van der Waals surface area contributed by atoms with Gasteiger partial charge >= 0.3 is 5.97 Å². The van der Waals surface area contributed by atoms with E-state index in [0.29, 0.717) is 0 Å². The monoisotopic (exact) mass is 246 g/mol. The number of hydrogen-bond donors (Lipinski definition) is 0. The van der Waals surface area contributed by atoms with Crippen LogP contribution >= 0.6 is 0 Å². The Labute approximate surface area is 103 Å². The Morgan fingerprint density at radius 1 is 1.22 bits per heavy atom. The molecular weight excluding hydrogens is 236 g/mol. The minimum atomic E-state index is -0.558.